The number of piperazine rings is 1. The van der Waals surface area contributed by atoms with E-state index in [0.29, 0.717) is 5.25 Å². The van der Waals surface area contributed by atoms with Crippen LogP contribution >= 0.6 is 11.8 Å². The molecule has 0 aliphatic carbocycles. The molecule has 1 aromatic rings. The normalized spacial score (nSPS) is 23.7. The number of nitrogens with zero attached hydrogens (tertiary/aromatic N) is 3. The Kier molecular flexibility index (Phi) is 5.49. The number of rotatable bonds is 2. The molecule has 23 heavy (non-hydrogen) atoms. The van der Waals surface area contributed by atoms with Crippen molar-refractivity contribution in [3.8, 4) is 0 Å². The highest BCUT2D eigenvalue weighted by molar-refractivity contribution is 7.99. The first-order valence-electron chi connectivity index (χ1n) is 8.58. The minimum absolute atomic E-state index is 0.203. The summed E-state index contributed by atoms with van der Waals surface area (Å²) in [5.74, 6) is 1.25. The van der Waals surface area contributed by atoms with E-state index in [2.05, 4.69) is 29.8 Å². The number of benzene rings is 1. The van der Waals surface area contributed by atoms with E-state index < -0.39 is 0 Å². The first kappa shape index (κ1) is 16.7. The lowest BCUT2D eigenvalue weighted by Gasteiger charge is -2.35. The summed E-state index contributed by atoms with van der Waals surface area (Å²) in [7, 11) is 2.16. The Morgan fingerprint density at radius 1 is 1.09 bits per heavy atom. The number of anilines is 1. The molecular weight excluding hydrogens is 306 g/mol. The van der Waals surface area contributed by atoms with Crippen molar-refractivity contribution in [3.05, 3.63) is 29.8 Å². The predicted octanol–water partition coefficient (Wildman–Crippen LogP) is 2.41. The maximum absolute atomic E-state index is 13.1. The molecule has 2 heterocycles. The number of thioether (sulfide) groups is 1. The molecule has 4 nitrogen and oxygen atoms in total. The Balaban J connectivity index is 1.78. The van der Waals surface area contributed by atoms with Gasteiger partial charge >= 0.3 is 0 Å². The van der Waals surface area contributed by atoms with Crippen LogP contribution in [0.1, 0.15) is 23.7 Å². The molecule has 0 bridgehead atoms. The zero-order valence-electron chi connectivity index (χ0n) is 14.2. The van der Waals surface area contributed by atoms with Crippen molar-refractivity contribution < 1.29 is 4.79 Å². The Hall–Kier alpha value is -1.20. The van der Waals surface area contributed by atoms with Gasteiger partial charge in [0.15, 0.2) is 0 Å². The van der Waals surface area contributed by atoms with E-state index in [1.54, 1.807) is 0 Å². The summed E-state index contributed by atoms with van der Waals surface area (Å²) < 4.78 is 0. The highest BCUT2D eigenvalue weighted by atomic mass is 32.2. The van der Waals surface area contributed by atoms with Gasteiger partial charge in [-0.05, 0) is 25.6 Å². The minimum atomic E-state index is 0.203. The van der Waals surface area contributed by atoms with E-state index in [1.165, 1.54) is 0 Å². The number of para-hydroxylation sites is 1. The Morgan fingerprint density at radius 3 is 2.61 bits per heavy atom. The van der Waals surface area contributed by atoms with Crippen LogP contribution < -0.4 is 4.90 Å². The molecule has 2 fully saturated rings. The van der Waals surface area contributed by atoms with Crippen molar-refractivity contribution >= 4 is 23.4 Å². The van der Waals surface area contributed by atoms with Crippen molar-refractivity contribution in [2.45, 2.75) is 18.6 Å². The lowest BCUT2D eigenvalue weighted by atomic mass is 10.1. The third-order valence-electron chi connectivity index (χ3n) is 4.83. The van der Waals surface area contributed by atoms with Crippen LogP contribution in [0.25, 0.3) is 0 Å². The fourth-order valence-corrected chi connectivity index (χ4v) is 4.25. The summed E-state index contributed by atoms with van der Waals surface area (Å²) in [5, 5.41) is 0.653. The number of amides is 1. The molecule has 0 spiro atoms. The molecule has 1 atom stereocenters. The quantitative estimate of drug-likeness (QED) is 0.830. The lowest BCUT2D eigenvalue weighted by molar-refractivity contribution is 0.0767. The van der Waals surface area contributed by atoms with Crippen molar-refractivity contribution in [1.29, 1.82) is 0 Å². The summed E-state index contributed by atoms with van der Waals surface area (Å²) in [4.78, 5) is 19.8. The van der Waals surface area contributed by atoms with Crippen LogP contribution in [0, 0.1) is 0 Å². The highest BCUT2D eigenvalue weighted by Crippen LogP contribution is 2.25. The maximum Gasteiger partial charge on any atom is 0.255 e. The molecule has 0 N–H and O–H groups in total. The van der Waals surface area contributed by atoms with Gasteiger partial charge in [0, 0.05) is 56.0 Å². The van der Waals surface area contributed by atoms with Crippen molar-refractivity contribution in [1.82, 2.24) is 9.80 Å². The first-order chi connectivity index (χ1) is 11.1. The van der Waals surface area contributed by atoms with E-state index in [9.17, 15) is 4.79 Å². The molecule has 1 aromatic carbocycles. The predicted molar refractivity (Wildman–Crippen MR) is 98.6 cm³/mol. The van der Waals surface area contributed by atoms with Gasteiger partial charge < -0.3 is 14.7 Å². The monoisotopic (exact) mass is 333 g/mol. The number of hydrogen-bond donors (Lipinski definition) is 0. The van der Waals surface area contributed by atoms with Crippen LogP contribution in [0.3, 0.4) is 0 Å². The van der Waals surface area contributed by atoms with Crippen molar-refractivity contribution in [2.75, 3.05) is 57.0 Å². The topological polar surface area (TPSA) is 26.8 Å². The molecule has 0 radical (unpaired) electrons. The van der Waals surface area contributed by atoms with Gasteiger partial charge in [0.25, 0.3) is 5.91 Å². The second-order valence-electron chi connectivity index (χ2n) is 6.57. The zero-order valence-corrected chi connectivity index (χ0v) is 15.0. The molecule has 0 saturated carbocycles. The molecule has 3 rings (SSSR count). The van der Waals surface area contributed by atoms with E-state index in [1.807, 2.05) is 34.9 Å². The standard InChI is InChI=1S/C18H27N3OS/c1-15-7-8-21(13-14-23-15)18(22)16-5-3-4-6-17(16)20-11-9-19(2)10-12-20/h3-6,15H,7-14H2,1-2H3. The fraction of sp³-hybridized carbons (Fsp3) is 0.611. The van der Waals surface area contributed by atoms with Crippen LogP contribution in [-0.2, 0) is 0 Å². The molecule has 1 amide bonds. The maximum atomic E-state index is 13.1. The average molecular weight is 334 g/mol. The third kappa shape index (κ3) is 4.01. The van der Waals surface area contributed by atoms with Gasteiger partial charge in [-0.15, -0.1) is 0 Å². The van der Waals surface area contributed by atoms with E-state index >= 15 is 0 Å². The number of carbonyl (C=O) groups is 1. The third-order valence-corrected chi connectivity index (χ3v) is 6.06. The van der Waals surface area contributed by atoms with E-state index in [4.69, 9.17) is 0 Å². The molecule has 2 aliphatic rings. The fourth-order valence-electron chi connectivity index (χ4n) is 3.25. The van der Waals surface area contributed by atoms with E-state index in [-0.39, 0.29) is 5.91 Å². The molecule has 126 valence electrons. The molecule has 5 heteroatoms. The van der Waals surface area contributed by atoms with Gasteiger partial charge in [-0.2, -0.15) is 11.8 Å². The molecular formula is C18H27N3OS. The highest BCUT2D eigenvalue weighted by Gasteiger charge is 2.24. The van der Waals surface area contributed by atoms with E-state index in [0.717, 1.165) is 62.7 Å². The summed E-state index contributed by atoms with van der Waals surface area (Å²) in [6.07, 6.45) is 1.09. The van der Waals surface area contributed by atoms with Gasteiger partial charge in [0.05, 0.1) is 5.56 Å². The summed E-state index contributed by atoms with van der Waals surface area (Å²) in [6, 6.07) is 8.14. The average Bonchev–Trinajstić information content (AvgIpc) is 2.80. The number of hydrogen-bond acceptors (Lipinski definition) is 4. The van der Waals surface area contributed by atoms with Gasteiger partial charge in [0.1, 0.15) is 0 Å². The molecule has 1 unspecified atom stereocenters. The lowest BCUT2D eigenvalue weighted by Crippen LogP contribution is -2.45. The van der Waals surface area contributed by atoms with Gasteiger partial charge in [-0.25, -0.2) is 0 Å². The van der Waals surface area contributed by atoms with Crippen LogP contribution in [-0.4, -0.2) is 73.0 Å². The number of likely N-dealkylation sites (N-methyl/N-ethyl adjacent to an activating group) is 1. The van der Waals surface area contributed by atoms with Crippen LogP contribution in [0.15, 0.2) is 24.3 Å². The summed E-state index contributed by atoms with van der Waals surface area (Å²) >= 11 is 1.98. The second-order valence-corrected chi connectivity index (χ2v) is 8.12. The van der Waals surface area contributed by atoms with Crippen LogP contribution in [0.4, 0.5) is 5.69 Å². The van der Waals surface area contributed by atoms with Crippen LogP contribution in [0.5, 0.6) is 0 Å². The number of carbonyl (C=O) groups excluding carboxylic acids is 1. The largest absolute Gasteiger partial charge is 0.368 e. The molecule has 2 aliphatic heterocycles. The van der Waals surface area contributed by atoms with Crippen LogP contribution in [0.2, 0.25) is 0 Å². The summed E-state index contributed by atoms with van der Waals surface area (Å²) in [5.41, 5.74) is 1.98. The zero-order chi connectivity index (χ0) is 16.2. The Morgan fingerprint density at radius 2 is 1.83 bits per heavy atom. The SMILES string of the molecule is CC1CCN(C(=O)c2ccccc2N2CCN(C)CC2)CCS1. The molecule has 0 aromatic heterocycles. The summed E-state index contributed by atoms with van der Waals surface area (Å²) in [6.45, 7) is 8.11. The molecule has 2 saturated heterocycles. The Bertz CT molecular complexity index is 543. The van der Waals surface area contributed by atoms with Gasteiger partial charge in [0.2, 0.25) is 0 Å². The van der Waals surface area contributed by atoms with Crippen molar-refractivity contribution in [3.63, 3.8) is 0 Å². The smallest absolute Gasteiger partial charge is 0.255 e. The first-order valence-corrected chi connectivity index (χ1v) is 9.63. The minimum Gasteiger partial charge on any atom is -0.368 e. The second kappa shape index (κ2) is 7.58. The Labute approximate surface area is 143 Å². The van der Waals surface area contributed by atoms with Gasteiger partial charge in [-0.3, -0.25) is 4.79 Å². The van der Waals surface area contributed by atoms with Crippen molar-refractivity contribution in [2.24, 2.45) is 0 Å². The van der Waals surface area contributed by atoms with Gasteiger partial charge in [-0.1, -0.05) is 19.1 Å².